The lowest BCUT2D eigenvalue weighted by Gasteiger charge is -2.12. The maximum atomic E-state index is 12.7. The smallest absolute Gasteiger partial charge is 0.416 e. The molecular formula is C23H18F3NO3. The van der Waals surface area contributed by atoms with Gasteiger partial charge >= 0.3 is 12.1 Å². The average molecular weight is 413 g/mol. The molecule has 0 saturated heterocycles. The second kappa shape index (κ2) is 8.82. The normalized spacial score (nSPS) is 11.2. The molecule has 0 atom stereocenters. The van der Waals surface area contributed by atoms with Crippen LogP contribution in [0.15, 0.2) is 72.8 Å². The highest BCUT2D eigenvalue weighted by Gasteiger charge is 2.29. The molecule has 3 aromatic carbocycles. The molecule has 0 fully saturated rings. The number of carboxylic acid groups (broad SMARTS) is 1. The Labute approximate surface area is 171 Å². The van der Waals surface area contributed by atoms with Crippen LogP contribution in [0.3, 0.4) is 0 Å². The van der Waals surface area contributed by atoms with Gasteiger partial charge in [-0.05, 0) is 60.4 Å². The first kappa shape index (κ1) is 21.1. The number of benzene rings is 3. The maximum absolute atomic E-state index is 12.7. The largest absolute Gasteiger partial charge is 0.478 e. The number of amides is 1. The van der Waals surface area contributed by atoms with Gasteiger partial charge in [0.2, 0.25) is 0 Å². The molecule has 0 heterocycles. The number of aromatic carboxylic acids is 1. The predicted molar refractivity (Wildman–Crippen MR) is 107 cm³/mol. The van der Waals surface area contributed by atoms with Gasteiger partial charge in [-0.15, -0.1) is 0 Å². The Morgan fingerprint density at radius 1 is 0.833 bits per heavy atom. The van der Waals surface area contributed by atoms with Crippen molar-refractivity contribution >= 4 is 17.6 Å². The molecule has 4 nitrogen and oxygen atoms in total. The van der Waals surface area contributed by atoms with E-state index in [9.17, 15) is 27.9 Å². The third-order valence-corrected chi connectivity index (χ3v) is 4.58. The van der Waals surface area contributed by atoms with Gasteiger partial charge in [0.05, 0.1) is 16.8 Å². The van der Waals surface area contributed by atoms with Crippen molar-refractivity contribution in [1.82, 2.24) is 0 Å². The van der Waals surface area contributed by atoms with Gasteiger partial charge in [0.1, 0.15) is 0 Å². The molecule has 0 bridgehead atoms. The number of carboxylic acids is 1. The van der Waals surface area contributed by atoms with E-state index in [1.54, 1.807) is 42.5 Å². The second-order valence-corrected chi connectivity index (χ2v) is 6.70. The minimum atomic E-state index is -4.38. The summed E-state index contributed by atoms with van der Waals surface area (Å²) in [5.74, 6) is -1.61. The number of aryl methyl sites for hydroxylation is 2. The fourth-order valence-corrected chi connectivity index (χ4v) is 2.97. The highest BCUT2D eigenvalue weighted by Crippen LogP contribution is 2.29. The summed E-state index contributed by atoms with van der Waals surface area (Å²) >= 11 is 0. The number of hydrogen-bond donors (Lipinski definition) is 2. The van der Waals surface area contributed by atoms with Crippen molar-refractivity contribution in [2.75, 3.05) is 5.32 Å². The Balaban J connectivity index is 1.75. The number of hydrogen-bond acceptors (Lipinski definition) is 2. The van der Waals surface area contributed by atoms with E-state index in [2.05, 4.69) is 5.32 Å². The number of carbonyl (C=O) groups is 2. The summed E-state index contributed by atoms with van der Waals surface area (Å²) in [6.07, 6.45) is -3.44. The fraction of sp³-hybridized carbons (Fsp3) is 0.130. The quantitative estimate of drug-likeness (QED) is 0.565. The minimum Gasteiger partial charge on any atom is -0.478 e. The lowest BCUT2D eigenvalue weighted by atomic mass is 10.0. The second-order valence-electron chi connectivity index (χ2n) is 6.70. The van der Waals surface area contributed by atoms with Gasteiger partial charge in [-0.1, -0.05) is 36.4 Å². The van der Waals surface area contributed by atoms with Crippen molar-refractivity contribution in [3.63, 3.8) is 0 Å². The van der Waals surface area contributed by atoms with Gasteiger partial charge in [-0.3, -0.25) is 4.79 Å². The number of nitrogens with one attached hydrogen (secondary N) is 1. The molecule has 1 amide bonds. The molecule has 0 unspecified atom stereocenters. The summed E-state index contributed by atoms with van der Waals surface area (Å²) in [6.45, 7) is 0. The molecule has 0 aliphatic heterocycles. The van der Waals surface area contributed by atoms with Gasteiger partial charge in [-0.25, -0.2) is 4.79 Å². The molecule has 0 spiro atoms. The van der Waals surface area contributed by atoms with Crippen LogP contribution in [-0.4, -0.2) is 17.0 Å². The molecular weight excluding hydrogens is 395 g/mol. The third-order valence-electron chi connectivity index (χ3n) is 4.58. The van der Waals surface area contributed by atoms with Crippen LogP contribution in [0.2, 0.25) is 0 Å². The zero-order valence-corrected chi connectivity index (χ0v) is 15.7. The van der Waals surface area contributed by atoms with E-state index >= 15 is 0 Å². The van der Waals surface area contributed by atoms with Crippen molar-refractivity contribution in [2.24, 2.45) is 0 Å². The molecule has 3 rings (SSSR count). The van der Waals surface area contributed by atoms with Gasteiger partial charge < -0.3 is 10.4 Å². The van der Waals surface area contributed by atoms with E-state index in [0.717, 1.165) is 23.3 Å². The van der Waals surface area contributed by atoms with E-state index < -0.39 is 23.6 Å². The van der Waals surface area contributed by atoms with E-state index in [1.165, 1.54) is 18.2 Å². The van der Waals surface area contributed by atoms with E-state index in [1.807, 2.05) is 0 Å². The van der Waals surface area contributed by atoms with Crippen molar-refractivity contribution in [3.8, 4) is 0 Å². The maximum Gasteiger partial charge on any atom is 0.416 e. The Morgan fingerprint density at radius 3 is 2.03 bits per heavy atom. The Hall–Kier alpha value is -3.61. The Kier molecular flexibility index (Phi) is 6.20. The summed E-state index contributed by atoms with van der Waals surface area (Å²) in [7, 11) is 0. The summed E-state index contributed by atoms with van der Waals surface area (Å²) in [5.41, 5.74) is 1.29. The van der Waals surface area contributed by atoms with Gasteiger partial charge in [0.15, 0.2) is 0 Å². The molecule has 30 heavy (non-hydrogen) atoms. The van der Waals surface area contributed by atoms with Crippen LogP contribution < -0.4 is 5.32 Å². The van der Waals surface area contributed by atoms with Crippen LogP contribution >= 0.6 is 0 Å². The number of carbonyl (C=O) groups excluding carboxylic acids is 1. The molecule has 154 valence electrons. The molecule has 0 saturated carbocycles. The molecule has 0 aromatic heterocycles. The first-order chi connectivity index (χ1) is 14.2. The van der Waals surface area contributed by atoms with E-state index in [0.29, 0.717) is 18.4 Å². The molecule has 0 radical (unpaired) electrons. The first-order valence-corrected chi connectivity index (χ1v) is 9.13. The van der Waals surface area contributed by atoms with Crippen LogP contribution in [0.4, 0.5) is 18.9 Å². The van der Waals surface area contributed by atoms with Crippen LogP contribution in [0.5, 0.6) is 0 Å². The first-order valence-electron chi connectivity index (χ1n) is 9.13. The molecule has 3 aromatic rings. The van der Waals surface area contributed by atoms with Gasteiger partial charge in [0.25, 0.3) is 5.91 Å². The van der Waals surface area contributed by atoms with Crippen LogP contribution in [0, 0.1) is 0 Å². The molecule has 2 N–H and O–H groups in total. The standard InChI is InChI=1S/C23H18F3NO3/c24-23(25,26)18-11-8-15(9-12-18)6-7-16-10-13-19(22(29)30)20(14-16)27-21(28)17-4-2-1-3-5-17/h1-5,8-14H,6-7H2,(H,27,28)(H,29,30). The fourth-order valence-electron chi connectivity index (χ4n) is 2.97. The van der Waals surface area contributed by atoms with Crippen LogP contribution in [0.1, 0.15) is 37.4 Å². The number of rotatable bonds is 6. The number of alkyl halides is 3. The summed E-state index contributed by atoms with van der Waals surface area (Å²) < 4.78 is 38.0. The molecule has 0 aliphatic carbocycles. The highest BCUT2D eigenvalue weighted by atomic mass is 19.4. The van der Waals surface area contributed by atoms with Crippen molar-refractivity contribution in [3.05, 3.63) is 101 Å². The zero-order valence-electron chi connectivity index (χ0n) is 15.7. The topological polar surface area (TPSA) is 66.4 Å². The van der Waals surface area contributed by atoms with Gasteiger partial charge in [0, 0.05) is 5.56 Å². The van der Waals surface area contributed by atoms with Crippen LogP contribution in [0.25, 0.3) is 0 Å². The predicted octanol–water partition coefficient (Wildman–Crippen LogP) is 5.44. The number of anilines is 1. The molecule has 7 heteroatoms. The molecule has 0 aliphatic rings. The van der Waals surface area contributed by atoms with Gasteiger partial charge in [-0.2, -0.15) is 13.2 Å². The zero-order chi connectivity index (χ0) is 21.7. The monoisotopic (exact) mass is 413 g/mol. The lowest BCUT2D eigenvalue weighted by molar-refractivity contribution is -0.137. The van der Waals surface area contributed by atoms with Crippen molar-refractivity contribution in [1.29, 1.82) is 0 Å². The Morgan fingerprint density at radius 2 is 1.43 bits per heavy atom. The lowest BCUT2D eigenvalue weighted by Crippen LogP contribution is -2.15. The Bertz CT molecular complexity index is 1050. The number of halogens is 3. The van der Waals surface area contributed by atoms with Crippen LogP contribution in [-0.2, 0) is 19.0 Å². The SMILES string of the molecule is O=C(Nc1cc(CCc2ccc(C(F)(F)F)cc2)ccc1C(=O)O)c1ccccc1. The van der Waals surface area contributed by atoms with E-state index in [-0.39, 0.29) is 11.3 Å². The van der Waals surface area contributed by atoms with Crippen molar-refractivity contribution in [2.45, 2.75) is 19.0 Å². The third kappa shape index (κ3) is 5.26. The minimum absolute atomic E-state index is 0.0439. The summed E-state index contributed by atoms with van der Waals surface area (Å²) in [6, 6.07) is 17.9. The summed E-state index contributed by atoms with van der Waals surface area (Å²) in [5, 5.41) is 12.0. The summed E-state index contributed by atoms with van der Waals surface area (Å²) in [4.78, 5) is 23.9. The average Bonchev–Trinajstić information content (AvgIpc) is 2.72. The van der Waals surface area contributed by atoms with Crippen molar-refractivity contribution < 1.29 is 27.9 Å². The highest BCUT2D eigenvalue weighted by molar-refractivity contribution is 6.07. The van der Waals surface area contributed by atoms with E-state index in [4.69, 9.17) is 0 Å².